The minimum absolute atomic E-state index is 0.0473. The Morgan fingerprint density at radius 3 is 2.76 bits per heavy atom. The van der Waals surface area contributed by atoms with Crippen molar-refractivity contribution < 1.29 is 5.11 Å². The first-order chi connectivity index (χ1) is 7.95. The normalized spacial score (nSPS) is 28.5. The Hall–Kier alpha value is -1.57. The van der Waals surface area contributed by atoms with Crippen molar-refractivity contribution in [3.05, 3.63) is 35.0 Å². The van der Waals surface area contributed by atoms with E-state index in [0.717, 1.165) is 17.7 Å². The molecule has 2 aliphatic rings. The number of phenols is 1. The second kappa shape index (κ2) is 3.00. The van der Waals surface area contributed by atoms with Gasteiger partial charge in [0.15, 0.2) is 0 Å². The van der Waals surface area contributed by atoms with Crippen molar-refractivity contribution in [1.29, 1.82) is 0 Å². The van der Waals surface area contributed by atoms with E-state index >= 15 is 0 Å². The van der Waals surface area contributed by atoms with Gasteiger partial charge in [-0.2, -0.15) is 0 Å². The number of fused-ring (bicyclic) bond motifs is 4. The first kappa shape index (κ1) is 10.6. The molecular formula is C15H17NO. The third kappa shape index (κ3) is 1.18. The molecule has 3 rings (SSSR count). The molecule has 0 aromatic heterocycles. The number of aliphatic imine (C=N–C) groups is 1. The predicted molar refractivity (Wildman–Crippen MR) is 70.3 cm³/mol. The van der Waals surface area contributed by atoms with Gasteiger partial charge >= 0.3 is 0 Å². The zero-order valence-corrected chi connectivity index (χ0v) is 10.5. The van der Waals surface area contributed by atoms with Gasteiger partial charge in [0.1, 0.15) is 5.75 Å². The summed E-state index contributed by atoms with van der Waals surface area (Å²) in [5.74, 6) is 0.325. The Bertz CT molecular complexity index is 554. The maximum absolute atomic E-state index is 9.60. The van der Waals surface area contributed by atoms with E-state index < -0.39 is 0 Å². The number of nitrogens with zero attached hydrogens (tertiary/aromatic N) is 1. The minimum atomic E-state index is 0.0473. The fourth-order valence-corrected chi connectivity index (χ4v) is 3.01. The fourth-order valence-electron chi connectivity index (χ4n) is 3.01. The average molecular weight is 227 g/mol. The summed E-state index contributed by atoms with van der Waals surface area (Å²) in [7, 11) is 0. The molecule has 1 N–H and O–H groups in total. The Labute approximate surface area is 102 Å². The molecule has 2 nitrogen and oxygen atoms in total. The van der Waals surface area contributed by atoms with E-state index in [9.17, 15) is 5.11 Å². The van der Waals surface area contributed by atoms with Crippen LogP contribution in [0.1, 0.15) is 38.3 Å². The fraction of sp³-hybridized carbons (Fsp3) is 0.400. The van der Waals surface area contributed by atoms with Crippen LogP contribution >= 0.6 is 0 Å². The van der Waals surface area contributed by atoms with Gasteiger partial charge in [0.05, 0.1) is 0 Å². The second-order valence-electron chi connectivity index (χ2n) is 5.77. The van der Waals surface area contributed by atoms with Crippen LogP contribution in [0.2, 0.25) is 0 Å². The van der Waals surface area contributed by atoms with Crippen LogP contribution in [0.4, 0.5) is 0 Å². The quantitative estimate of drug-likeness (QED) is 0.722. The summed E-state index contributed by atoms with van der Waals surface area (Å²) in [6, 6.07) is 5.67. The van der Waals surface area contributed by atoms with Crippen LogP contribution in [0.3, 0.4) is 0 Å². The Balaban J connectivity index is 2.35. The lowest BCUT2D eigenvalue weighted by atomic mass is 9.55. The summed E-state index contributed by atoms with van der Waals surface area (Å²) in [6.07, 6.45) is 5.08. The van der Waals surface area contributed by atoms with E-state index in [1.165, 1.54) is 5.56 Å². The second-order valence-corrected chi connectivity index (χ2v) is 5.77. The van der Waals surface area contributed by atoms with Gasteiger partial charge in [-0.3, -0.25) is 4.99 Å². The highest BCUT2D eigenvalue weighted by molar-refractivity contribution is 5.75. The zero-order chi connectivity index (χ0) is 12.3. The van der Waals surface area contributed by atoms with Crippen LogP contribution in [0.15, 0.2) is 28.9 Å². The molecule has 0 saturated carbocycles. The summed E-state index contributed by atoms with van der Waals surface area (Å²) in [5.41, 5.74) is 3.66. The summed E-state index contributed by atoms with van der Waals surface area (Å²) >= 11 is 0. The van der Waals surface area contributed by atoms with Crippen molar-refractivity contribution in [2.45, 2.75) is 32.6 Å². The Morgan fingerprint density at radius 2 is 2.00 bits per heavy atom. The third-order valence-corrected chi connectivity index (χ3v) is 4.67. The summed E-state index contributed by atoms with van der Waals surface area (Å²) < 4.78 is 0. The summed E-state index contributed by atoms with van der Waals surface area (Å²) in [4.78, 5) is 4.53. The van der Waals surface area contributed by atoms with Crippen LogP contribution in [-0.4, -0.2) is 11.3 Å². The molecule has 0 amide bonds. The van der Waals surface area contributed by atoms with Crippen molar-refractivity contribution in [1.82, 2.24) is 0 Å². The SMILES string of the molecule is CC1(C)C2=Cc3cc(O)ccc3C1(C)CC=N2. The average Bonchev–Trinajstić information content (AvgIpc) is 2.23. The molecule has 2 heteroatoms. The summed E-state index contributed by atoms with van der Waals surface area (Å²) in [6.45, 7) is 6.80. The molecule has 2 bridgehead atoms. The van der Waals surface area contributed by atoms with Crippen molar-refractivity contribution in [2.75, 3.05) is 0 Å². The number of benzene rings is 1. The van der Waals surface area contributed by atoms with E-state index in [-0.39, 0.29) is 10.8 Å². The monoisotopic (exact) mass is 227 g/mol. The van der Waals surface area contributed by atoms with Gasteiger partial charge in [-0.05, 0) is 35.8 Å². The molecule has 0 spiro atoms. The molecule has 0 fully saturated rings. The van der Waals surface area contributed by atoms with Crippen molar-refractivity contribution >= 4 is 12.3 Å². The number of hydrogen-bond donors (Lipinski definition) is 1. The lowest BCUT2D eigenvalue weighted by Gasteiger charge is -2.50. The predicted octanol–water partition coefficient (Wildman–Crippen LogP) is 3.51. The van der Waals surface area contributed by atoms with Gasteiger partial charge in [-0.15, -0.1) is 0 Å². The van der Waals surface area contributed by atoms with Gasteiger partial charge in [0.2, 0.25) is 0 Å². The van der Waals surface area contributed by atoms with E-state index in [1.807, 2.05) is 12.3 Å². The van der Waals surface area contributed by atoms with Gasteiger partial charge < -0.3 is 5.11 Å². The molecule has 1 aromatic rings. The van der Waals surface area contributed by atoms with Crippen LogP contribution in [-0.2, 0) is 5.41 Å². The van der Waals surface area contributed by atoms with Gasteiger partial charge in [0, 0.05) is 22.7 Å². The highest BCUT2D eigenvalue weighted by atomic mass is 16.3. The van der Waals surface area contributed by atoms with Crippen LogP contribution in [0, 0.1) is 5.41 Å². The van der Waals surface area contributed by atoms with Crippen LogP contribution in [0.5, 0.6) is 5.75 Å². The van der Waals surface area contributed by atoms with Gasteiger partial charge in [-0.1, -0.05) is 26.8 Å². The zero-order valence-electron chi connectivity index (χ0n) is 10.5. The van der Waals surface area contributed by atoms with E-state index in [0.29, 0.717) is 5.75 Å². The maximum atomic E-state index is 9.60. The first-order valence-corrected chi connectivity index (χ1v) is 6.03. The van der Waals surface area contributed by atoms with Crippen molar-refractivity contribution in [2.24, 2.45) is 10.4 Å². The molecule has 88 valence electrons. The standard InChI is InChI=1S/C15H17NO/c1-14(2)13-9-10-8-11(17)4-5-12(10)15(14,3)6-7-16-13/h4-5,7-9,17H,6H2,1-3H3. The van der Waals surface area contributed by atoms with Crippen LogP contribution in [0.25, 0.3) is 6.08 Å². The lowest BCUT2D eigenvalue weighted by molar-refractivity contribution is 0.221. The highest BCUT2D eigenvalue weighted by Crippen LogP contribution is 2.55. The maximum Gasteiger partial charge on any atom is 0.116 e. The Morgan fingerprint density at radius 1 is 1.24 bits per heavy atom. The number of allylic oxidation sites excluding steroid dienone is 1. The first-order valence-electron chi connectivity index (χ1n) is 6.03. The number of rotatable bonds is 0. The smallest absolute Gasteiger partial charge is 0.116 e. The molecule has 1 atom stereocenters. The molecule has 1 aromatic carbocycles. The molecule has 0 saturated heterocycles. The molecule has 1 unspecified atom stereocenters. The molecule has 1 heterocycles. The van der Waals surface area contributed by atoms with Crippen LogP contribution < -0.4 is 0 Å². The van der Waals surface area contributed by atoms with Gasteiger partial charge in [0.25, 0.3) is 0 Å². The highest BCUT2D eigenvalue weighted by Gasteiger charge is 2.49. The van der Waals surface area contributed by atoms with E-state index in [4.69, 9.17) is 0 Å². The molecular weight excluding hydrogens is 210 g/mol. The number of phenolic OH excluding ortho intramolecular Hbond substituents is 1. The third-order valence-electron chi connectivity index (χ3n) is 4.67. The lowest BCUT2D eigenvalue weighted by Crippen LogP contribution is -2.45. The number of aromatic hydroxyl groups is 1. The van der Waals surface area contributed by atoms with Crippen molar-refractivity contribution in [3.63, 3.8) is 0 Å². The number of hydrogen-bond acceptors (Lipinski definition) is 2. The Kier molecular flexibility index (Phi) is 1.87. The van der Waals surface area contributed by atoms with Gasteiger partial charge in [-0.25, -0.2) is 0 Å². The van der Waals surface area contributed by atoms with E-state index in [1.54, 1.807) is 6.07 Å². The topological polar surface area (TPSA) is 32.6 Å². The largest absolute Gasteiger partial charge is 0.508 e. The van der Waals surface area contributed by atoms with E-state index in [2.05, 4.69) is 37.9 Å². The van der Waals surface area contributed by atoms with Crippen molar-refractivity contribution in [3.8, 4) is 5.75 Å². The molecule has 1 aliphatic carbocycles. The molecule has 0 radical (unpaired) electrons. The molecule has 1 aliphatic heterocycles. The minimum Gasteiger partial charge on any atom is -0.508 e. The summed E-state index contributed by atoms with van der Waals surface area (Å²) in [5, 5.41) is 9.60. The molecule has 17 heavy (non-hydrogen) atoms.